The summed E-state index contributed by atoms with van der Waals surface area (Å²) in [6.07, 6.45) is 5.06. The second-order valence-corrected chi connectivity index (χ2v) is 5.10. The highest BCUT2D eigenvalue weighted by atomic mass is 16.3. The molecule has 2 aromatic rings. The number of aromatic nitrogens is 2. The van der Waals surface area contributed by atoms with E-state index in [0.717, 1.165) is 18.4 Å². The first-order chi connectivity index (χ1) is 9.30. The number of nitrogens with zero attached hydrogens (tertiary/aromatic N) is 2. The normalized spacial score (nSPS) is 17.7. The third-order valence-electron chi connectivity index (χ3n) is 3.75. The molecule has 19 heavy (non-hydrogen) atoms. The van der Waals surface area contributed by atoms with Crippen molar-refractivity contribution >= 4 is 5.95 Å². The summed E-state index contributed by atoms with van der Waals surface area (Å²) in [5, 5.41) is 13.7. The SMILES string of the molecule is O[C@H](c1ccccc1)C1(CNc2ncccn2)CC1. The molecule has 0 saturated heterocycles. The summed E-state index contributed by atoms with van der Waals surface area (Å²) in [4.78, 5) is 8.28. The number of anilines is 1. The number of benzene rings is 1. The molecule has 1 aromatic carbocycles. The highest BCUT2D eigenvalue weighted by Gasteiger charge is 2.49. The van der Waals surface area contributed by atoms with Crippen LogP contribution in [-0.4, -0.2) is 21.6 Å². The molecule has 1 aromatic heterocycles. The Hall–Kier alpha value is -1.94. The maximum atomic E-state index is 10.5. The molecular formula is C15H17N3O. The minimum Gasteiger partial charge on any atom is -0.388 e. The quantitative estimate of drug-likeness (QED) is 0.861. The van der Waals surface area contributed by atoms with Gasteiger partial charge in [0.1, 0.15) is 0 Å². The van der Waals surface area contributed by atoms with Gasteiger partial charge in [-0.1, -0.05) is 30.3 Å². The zero-order chi connectivity index (χ0) is 13.1. The average Bonchev–Trinajstić information content (AvgIpc) is 3.28. The molecule has 1 saturated carbocycles. The molecule has 0 bridgehead atoms. The number of hydrogen-bond acceptors (Lipinski definition) is 4. The maximum Gasteiger partial charge on any atom is 0.222 e. The summed E-state index contributed by atoms with van der Waals surface area (Å²) in [6, 6.07) is 11.6. The van der Waals surface area contributed by atoms with Crippen LogP contribution >= 0.6 is 0 Å². The van der Waals surface area contributed by atoms with Crippen LogP contribution < -0.4 is 5.32 Å². The second kappa shape index (κ2) is 4.97. The van der Waals surface area contributed by atoms with E-state index in [2.05, 4.69) is 15.3 Å². The molecule has 98 valence electrons. The summed E-state index contributed by atoms with van der Waals surface area (Å²) >= 11 is 0. The van der Waals surface area contributed by atoms with Gasteiger partial charge in [0, 0.05) is 24.4 Å². The van der Waals surface area contributed by atoms with Gasteiger partial charge in [0.05, 0.1) is 6.10 Å². The first-order valence-corrected chi connectivity index (χ1v) is 6.54. The molecule has 1 heterocycles. The van der Waals surface area contributed by atoms with Crippen molar-refractivity contribution in [2.75, 3.05) is 11.9 Å². The molecule has 2 N–H and O–H groups in total. The average molecular weight is 255 g/mol. The highest BCUT2D eigenvalue weighted by Crippen LogP contribution is 2.54. The molecular weight excluding hydrogens is 238 g/mol. The van der Waals surface area contributed by atoms with Crippen molar-refractivity contribution in [3.63, 3.8) is 0 Å². The lowest BCUT2D eigenvalue weighted by Crippen LogP contribution is -2.23. The van der Waals surface area contributed by atoms with Crippen LogP contribution in [0.4, 0.5) is 5.95 Å². The summed E-state index contributed by atoms with van der Waals surface area (Å²) in [6.45, 7) is 0.701. The number of aliphatic hydroxyl groups excluding tert-OH is 1. The molecule has 1 atom stereocenters. The van der Waals surface area contributed by atoms with Crippen LogP contribution in [0.25, 0.3) is 0 Å². The first kappa shape index (κ1) is 12.1. The monoisotopic (exact) mass is 255 g/mol. The van der Waals surface area contributed by atoms with E-state index in [4.69, 9.17) is 0 Å². The molecule has 4 nitrogen and oxygen atoms in total. The lowest BCUT2D eigenvalue weighted by atomic mass is 9.93. The van der Waals surface area contributed by atoms with Crippen LogP contribution in [0, 0.1) is 5.41 Å². The molecule has 1 aliphatic carbocycles. The van der Waals surface area contributed by atoms with Crippen LogP contribution in [0.5, 0.6) is 0 Å². The molecule has 1 fully saturated rings. The summed E-state index contributed by atoms with van der Waals surface area (Å²) in [5.74, 6) is 0.619. The van der Waals surface area contributed by atoms with Gasteiger partial charge in [-0.25, -0.2) is 9.97 Å². The minimum atomic E-state index is -0.426. The molecule has 1 aliphatic rings. The number of rotatable bonds is 5. The van der Waals surface area contributed by atoms with Gasteiger partial charge in [-0.15, -0.1) is 0 Å². The summed E-state index contributed by atoms with van der Waals surface area (Å²) in [7, 11) is 0. The fourth-order valence-electron chi connectivity index (χ4n) is 2.34. The Bertz CT molecular complexity index is 526. The fourth-order valence-corrected chi connectivity index (χ4v) is 2.34. The van der Waals surface area contributed by atoms with Crippen molar-refractivity contribution < 1.29 is 5.11 Å². The topological polar surface area (TPSA) is 58.0 Å². The Morgan fingerprint density at radius 1 is 1.11 bits per heavy atom. The van der Waals surface area contributed by atoms with Crippen molar-refractivity contribution in [3.05, 3.63) is 54.4 Å². The zero-order valence-electron chi connectivity index (χ0n) is 10.7. The van der Waals surface area contributed by atoms with Crippen molar-refractivity contribution in [2.24, 2.45) is 5.41 Å². The lowest BCUT2D eigenvalue weighted by molar-refractivity contribution is 0.0999. The maximum absolute atomic E-state index is 10.5. The number of aliphatic hydroxyl groups is 1. The highest BCUT2D eigenvalue weighted by molar-refractivity contribution is 5.27. The van der Waals surface area contributed by atoms with Gasteiger partial charge in [-0.3, -0.25) is 0 Å². The van der Waals surface area contributed by atoms with Crippen molar-refractivity contribution in [1.29, 1.82) is 0 Å². The van der Waals surface area contributed by atoms with Crippen LogP contribution in [0.1, 0.15) is 24.5 Å². The fraction of sp³-hybridized carbons (Fsp3) is 0.333. The molecule has 0 aliphatic heterocycles. The van der Waals surface area contributed by atoms with E-state index in [1.54, 1.807) is 18.5 Å². The first-order valence-electron chi connectivity index (χ1n) is 6.54. The van der Waals surface area contributed by atoms with Gasteiger partial charge in [0.15, 0.2) is 0 Å². The second-order valence-electron chi connectivity index (χ2n) is 5.10. The van der Waals surface area contributed by atoms with E-state index in [0.29, 0.717) is 12.5 Å². The van der Waals surface area contributed by atoms with Crippen LogP contribution in [0.2, 0.25) is 0 Å². The van der Waals surface area contributed by atoms with E-state index in [-0.39, 0.29) is 5.41 Å². The van der Waals surface area contributed by atoms with Crippen LogP contribution in [0.15, 0.2) is 48.8 Å². The van der Waals surface area contributed by atoms with E-state index in [9.17, 15) is 5.11 Å². The largest absolute Gasteiger partial charge is 0.388 e. The van der Waals surface area contributed by atoms with Gasteiger partial charge < -0.3 is 10.4 Å². The van der Waals surface area contributed by atoms with Crippen molar-refractivity contribution in [1.82, 2.24) is 9.97 Å². The smallest absolute Gasteiger partial charge is 0.222 e. The van der Waals surface area contributed by atoms with Crippen LogP contribution in [0.3, 0.4) is 0 Å². The summed E-state index contributed by atoms with van der Waals surface area (Å²) < 4.78 is 0. The minimum absolute atomic E-state index is 0.0689. The standard InChI is InChI=1S/C15H17N3O/c19-13(12-5-2-1-3-6-12)15(7-8-15)11-18-14-16-9-4-10-17-14/h1-6,9-10,13,19H,7-8,11H2,(H,16,17,18)/t13-/m1/s1. The predicted molar refractivity (Wildman–Crippen MR) is 73.6 cm³/mol. The van der Waals surface area contributed by atoms with Crippen molar-refractivity contribution in [3.8, 4) is 0 Å². The molecule has 0 radical (unpaired) electrons. The van der Waals surface area contributed by atoms with Gasteiger partial charge in [-0.2, -0.15) is 0 Å². The third kappa shape index (κ3) is 2.58. The molecule has 0 amide bonds. The Morgan fingerprint density at radius 2 is 1.79 bits per heavy atom. The Morgan fingerprint density at radius 3 is 2.42 bits per heavy atom. The van der Waals surface area contributed by atoms with Crippen LogP contribution in [-0.2, 0) is 0 Å². The van der Waals surface area contributed by atoms with E-state index in [1.165, 1.54) is 0 Å². The Balaban J connectivity index is 1.67. The third-order valence-corrected chi connectivity index (χ3v) is 3.75. The van der Waals surface area contributed by atoms with E-state index < -0.39 is 6.10 Å². The van der Waals surface area contributed by atoms with Gasteiger partial charge >= 0.3 is 0 Å². The van der Waals surface area contributed by atoms with E-state index >= 15 is 0 Å². The van der Waals surface area contributed by atoms with Gasteiger partial charge in [0.2, 0.25) is 5.95 Å². The zero-order valence-corrected chi connectivity index (χ0v) is 10.7. The summed E-state index contributed by atoms with van der Waals surface area (Å²) in [5.41, 5.74) is 0.913. The van der Waals surface area contributed by atoms with Gasteiger partial charge in [0.25, 0.3) is 0 Å². The molecule has 3 rings (SSSR count). The molecule has 0 unspecified atom stereocenters. The van der Waals surface area contributed by atoms with Gasteiger partial charge in [-0.05, 0) is 24.5 Å². The Kier molecular flexibility index (Phi) is 3.17. The molecule has 4 heteroatoms. The number of hydrogen-bond donors (Lipinski definition) is 2. The molecule has 0 spiro atoms. The van der Waals surface area contributed by atoms with E-state index in [1.807, 2.05) is 30.3 Å². The lowest BCUT2D eigenvalue weighted by Gasteiger charge is -2.23. The predicted octanol–water partition coefficient (Wildman–Crippen LogP) is 2.40. The Labute approximate surface area is 112 Å². The number of nitrogens with one attached hydrogen (secondary N) is 1. The van der Waals surface area contributed by atoms with Crippen molar-refractivity contribution in [2.45, 2.75) is 18.9 Å².